The van der Waals surface area contributed by atoms with Crippen LogP contribution in [0.4, 0.5) is 0 Å². The van der Waals surface area contributed by atoms with Crippen molar-refractivity contribution < 1.29 is 4.79 Å². The molecular formula is C25H29N3O2. The Labute approximate surface area is 177 Å². The van der Waals surface area contributed by atoms with Crippen molar-refractivity contribution in [3.05, 3.63) is 75.3 Å². The van der Waals surface area contributed by atoms with E-state index < -0.39 is 0 Å². The first-order chi connectivity index (χ1) is 14.5. The number of hydrogen-bond donors (Lipinski definition) is 1. The minimum atomic E-state index is -0.132. The van der Waals surface area contributed by atoms with Crippen LogP contribution in [0.3, 0.4) is 0 Å². The maximum atomic E-state index is 12.8. The van der Waals surface area contributed by atoms with Gasteiger partial charge in [-0.05, 0) is 54.5 Å². The van der Waals surface area contributed by atoms with Crippen molar-refractivity contribution in [2.75, 3.05) is 6.54 Å². The topological polar surface area (TPSA) is 64.0 Å². The highest BCUT2D eigenvalue weighted by Crippen LogP contribution is 2.17. The second-order valence-electron chi connectivity index (χ2n) is 8.43. The highest BCUT2D eigenvalue weighted by Gasteiger charge is 2.15. The van der Waals surface area contributed by atoms with Gasteiger partial charge in [0.1, 0.15) is 5.82 Å². The first-order valence-electron chi connectivity index (χ1n) is 10.9. The second kappa shape index (κ2) is 8.82. The van der Waals surface area contributed by atoms with Crippen molar-refractivity contribution in [2.45, 2.75) is 58.4 Å². The van der Waals surface area contributed by atoms with Crippen LogP contribution in [-0.4, -0.2) is 22.0 Å². The number of fused-ring (bicyclic) bond motifs is 2. The molecule has 0 atom stereocenters. The van der Waals surface area contributed by atoms with Gasteiger partial charge >= 0.3 is 0 Å². The van der Waals surface area contributed by atoms with Crippen molar-refractivity contribution in [3.63, 3.8) is 0 Å². The third kappa shape index (κ3) is 4.30. The molecule has 1 aromatic heterocycles. The summed E-state index contributed by atoms with van der Waals surface area (Å²) in [6, 6.07) is 13.8. The highest BCUT2D eigenvalue weighted by atomic mass is 16.1. The number of aryl methyl sites for hydroxylation is 1. The molecule has 2 aromatic carbocycles. The van der Waals surface area contributed by atoms with Crippen molar-refractivity contribution in [1.29, 1.82) is 0 Å². The third-order valence-corrected chi connectivity index (χ3v) is 5.92. The van der Waals surface area contributed by atoms with Gasteiger partial charge in [-0.25, -0.2) is 4.98 Å². The summed E-state index contributed by atoms with van der Waals surface area (Å²) in [5.74, 6) is 1.23. The maximum absolute atomic E-state index is 12.8. The molecule has 0 saturated heterocycles. The summed E-state index contributed by atoms with van der Waals surface area (Å²) in [5, 5.41) is 3.57. The standard InChI is InChI=1S/C25H29N3O2/c1-17(2)19-9-7-18(8-10-19)13-14-26-24(29)20-11-12-21-22(16-20)27-23-6-4-3-5-15-28(23)25(21)30/h7-12,16-17H,3-6,13-15H2,1-2H3,(H,26,29). The van der Waals surface area contributed by atoms with Crippen molar-refractivity contribution in [1.82, 2.24) is 14.9 Å². The van der Waals surface area contributed by atoms with Crippen LogP contribution in [0.25, 0.3) is 10.9 Å². The van der Waals surface area contributed by atoms with Crippen LogP contribution in [0.15, 0.2) is 47.3 Å². The Kier molecular flexibility index (Phi) is 5.98. The van der Waals surface area contributed by atoms with E-state index in [4.69, 9.17) is 4.98 Å². The first-order valence-corrected chi connectivity index (χ1v) is 10.9. The SMILES string of the molecule is CC(C)c1ccc(CCNC(=O)c2ccc3c(=O)n4c(nc3c2)CCCCC4)cc1. The summed E-state index contributed by atoms with van der Waals surface area (Å²) in [6.45, 7) is 5.66. The lowest BCUT2D eigenvalue weighted by Crippen LogP contribution is -2.27. The molecule has 0 aliphatic carbocycles. The second-order valence-corrected chi connectivity index (χ2v) is 8.43. The summed E-state index contributed by atoms with van der Waals surface area (Å²) < 4.78 is 1.81. The molecule has 1 amide bonds. The average molecular weight is 404 g/mol. The average Bonchev–Trinajstić information content (AvgIpc) is 2.99. The van der Waals surface area contributed by atoms with Gasteiger partial charge in [0.2, 0.25) is 0 Å². The minimum absolute atomic E-state index is 0.00806. The predicted molar refractivity (Wildman–Crippen MR) is 120 cm³/mol. The lowest BCUT2D eigenvalue weighted by molar-refractivity contribution is 0.0954. The van der Waals surface area contributed by atoms with E-state index in [1.165, 1.54) is 11.1 Å². The molecular weight excluding hydrogens is 374 g/mol. The number of carbonyl (C=O) groups is 1. The quantitative estimate of drug-likeness (QED) is 0.694. The zero-order chi connectivity index (χ0) is 21.1. The number of aromatic nitrogens is 2. The van der Waals surface area contributed by atoms with E-state index in [0.29, 0.717) is 28.9 Å². The molecule has 0 saturated carbocycles. The van der Waals surface area contributed by atoms with Crippen LogP contribution < -0.4 is 10.9 Å². The van der Waals surface area contributed by atoms with E-state index >= 15 is 0 Å². The number of carbonyl (C=O) groups excluding carboxylic acids is 1. The van der Waals surface area contributed by atoms with Gasteiger partial charge in [-0.3, -0.25) is 14.2 Å². The Morgan fingerprint density at radius 3 is 2.67 bits per heavy atom. The number of amides is 1. The Morgan fingerprint density at radius 1 is 1.10 bits per heavy atom. The molecule has 0 spiro atoms. The molecule has 0 unspecified atom stereocenters. The molecule has 156 valence electrons. The van der Waals surface area contributed by atoms with Crippen LogP contribution in [0.5, 0.6) is 0 Å². The minimum Gasteiger partial charge on any atom is -0.352 e. The molecule has 0 radical (unpaired) electrons. The number of nitrogens with zero attached hydrogens (tertiary/aromatic N) is 2. The van der Waals surface area contributed by atoms with Gasteiger partial charge in [-0.2, -0.15) is 0 Å². The maximum Gasteiger partial charge on any atom is 0.261 e. The summed E-state index contributed by atoms with van der Waals surface area (Å²) in [5.41, 5.74) is 3.69. The van der Waals surface area contributed by atoms with Gasteiger partial charge < -0.3 is 5.32 Å². The van der Waals surface area contributed by atoms with Crippen LogP contribution in [-0.2, 0) is 19.4 Å². The Morgan fingerprint density at radius 2 is 1.90 bits per heavy atom. The summed E-state index contributed by atoms with van der Waals surface area (Å²) in [6.07, 6.45) is 4.78. The van der Waals surface area contributed by atoms with E-state index in [2.05, 4.69) is 43.4 Å². The van der Waals surface area contributed by atoms with Crippen molar-refractivity contribution in [3.8, 4) is 0 Å². The first kappa shape index (κ1) is 20.3. The Hall–Kier alpha value is -2.95. The fourth-order valence-corrected chi connectivity index (χ4v) is 4.05. The fourth-order valence-electron chi connectivity index (χ4n) is 4.05. The predicted octanol–water partition coefficient (Wildman–Crippen LogP) is 4.22. The molecule has 1 aliphatic rings. The normalized spacial score (nSPS) is 13.8. The van der Waals surface area contributed by atoms with Gasteiger partial charge in [0.15, 0.2) is 0 Å². The lowest BCUT2D eigenvalue weighted by Gasteiger charge is -2.11. The number of nitrogens with one attached hydrogen (secondary N) is 1. The molecule has 0 fully saturated rings. The molecule has 1 N–H and O–H groups in total. The monoisotopic (exact) mass is 403 g/mol. The number of benzene rings is 2. The van der Waals surface area contributed by atoms with E-state index in [-0.39, 0.29) is 11.5 Å². The Balaban J connectivity index is 1.46. The smallest absolute Gasteiger partial charge is 0.261 e. The van der Waals surface area contributed by atoms with E-state index in [1.54, 1.807) is 22.8 Å². The number of hydrogen-bond acceptors (Lipinski definition) is 3. The van der Waals surface area contributed by atoms with Crippen LogP contribution in [0.1, 0.15) is 66.3 Å². The molecule has 3 aromatic rings. The van der Waals surface area contributed by atoms with Gasteiger partial charge in [-0.15, -0.1) is 0 Å². The molecule has 2 heterocycles. The van der Waals surface area contributed by atoms with Crippen LogP contribution in [0.2, 0.25) is 0 Å². The summed E-state index contributed by atoms with van der Waals surface area (Å²) >= 11 is 0. The van der Waals surface area contributed by atoms with Gasteiger partial charge in [0.05, 0.1) is 10.9 Å². The lowest BCUT2D eigenvalue weighted by atomic mass is 10.0. The molecule has 4 rings (SSSR count). The van der Waals surface area contributed by atoms with Crippen LogP contribution in [0, 0.1) is 0 Å². The third-order valence-electron chi connectivity index (χ3n) is 5.92. The van der Waals surface area contributed by atoms with Gasteiger partial charge in [-0.1, -0.05) is 44.5 Å². The largest absolute Gasteiger partial charge is 0.352 e. The number of rotatable bonds is 5. The summed E-state index contributed by atoms with van der Waals surface area (Å²) in [4.78, 5) is 30.2. The Bertz CT molecular complexity index is 1110. The van der Waals surface area contributed by atoms with Crippen molar-refractivity contribution >= 4 is 16.8 Å². The summed E-state index contributed by atoms with van der Waals surface area (Å²) in [7, 11) is 0. The van der Waals surface area contributed by atoms with Crippen LogP contribution >= 0.6 is 0 Å². The van der Waals surface area contributed by atoms with E-state index in [1.807, 2.05) is 0 Å². The molecule has 30 heavy (non-hydrogen) atoms. The molecule has 1 aliphatic heterocycles. The van der Waals surface area contributed by atoms with E-state index in [9.17, 15) is 9.59 Å². The fraction of sp³-hybridized carbons (Fsp3) is 0.400. The zero-order valence-corrected chi connectivity index (χ0v) is 17.8. The van der Waals surface area contributed by atoms with Gasteiger partial charge in [0.25, 0.3) is 11.5 Å². The molecule has 0 bridgehead atoms. The van der Waals surface area contributed by atoms with Crippen molar-refractivity contribution in [2.24, 2.45) is 0 Å². The zero-order valence-electron chi connectivity index (χ0n) is 17.8. The van der Waals surface area contributed by atoms with E-state index in [0.717, 1.165) is 44.5 Å². The highest BCUT2D eigenvalue weighted by molar-refractivity contribution is 5.97. The molecule has 5 nitrogen and oxygen atoms in total. The molecule has 5 heteroatoms. The van der Waals surface area contributed by atoms with Gasteiger partial charge in [0, 0.05) is 25.1 Å².